The van der Waals surface area contributed by atoms with E-state index >= 15 is 0 Å². The Kier molecular flexibility index (Phi) is 11.0. The van der Waals surface area contributed by atoms with Crippen LogP contribution in [0, 0.1) is 0 Å². The van der Waals surface area contributed by atoms with E-state index in [-0.39, 0.29) is 16.4 Å². The van der Waals surface area contributed by atoms with Crippen molar-refractivity contribution >= 4 is 62.2 Å². The highest BCUT2D eigenvalue weighted by atomic mass is 35.5. The van der Waals surface area contributed by atoms with Crippen LogP contribution in [0.3, 0.4) is 0 Å². The van der Waals surface area contributed by atoms with Crippen LogP contribution in [0.4, 0.5) is 0 Å². The number of aryl methyl sites for hydroxylation is 2. The lowest BCUT2D eigenvalue weighted by atomic mass is 10.1. The summed E-state index contributed by atoms with van der Waals surface area (Å²) >= 11 is 8.76. The van der Waals surface area contributed by atoms with Gasteiger partial charge in [0.25, 0.3) is 5.91 Å². The van der Waals surface area contributed by atoms with Gasteiger partial charge in [0.05, 0.1) is 28.0 Å². The van der Waals surface area contributed by atoms with Crippen LogP contribution in [0.15, 0.2) is 65.6 Å². The highest BCUT2D eigenvalue weighted by molar-refractivity contribution is 7.99. The number of thioether (sulfide) groups is 1. The summed E-state index contributed by atoms with van der Waals surface area (Å²) in [5, 5.41) is 12.4. The molecule has 0 saturated carbocycles. The van der Waals surface area contributed by atoms with Crippen LogP contribution in [-0.2, 0) is 38.0 Å². The number of hydrogen-bond acceptors (Lipinski definition) is 7. The number of hydrogen-bond donors (Lipinski definition) is 2. The minimum Gasteiger partial charge on any atom is -0.481 e. The van der Waals surface area contributed by atoms with E-state index in [0.29, 0.717) is 15.7 Å². The molecule has 11 heteroatoms. The molecule has 1 unspecified atom stereocenters. The summed E-state index contributed by atoms with van der Waals surface area (Å²) < 4.78 is 23.2. The summed E-state index contributed by atoms with van der Waals surface area (Å²) in [4.78, 5) is 38.5. The van der Waals surface area contributed by atoms with Crippen LogP contribution in [0.1, 0.15) is 38.5 Å². The highest BCUT2D eigenvalue weighted by Crippen LogP contribution is 2.22. The Balaban J connectivity index is 1.51. The van der Waals surface area contributed by atoms with Crippen molar-refractivity contribution in [3.8, 4) is 0 Å². The van der Waals surface area contributed by atoms with Gasteiger partial charge < -0.3 is 10.4 Å². The van der Waals surface area contributed by atoms with Crippen molar-refractivity contribution < 1.29 is 27.9 Å². The number of ketones is 1. The summed E-state index contributed by atoms with van der Waals surface area (Å²) in [5.41, 5.74) is 1.90. The predicted molar refractivity (Wildman–Crippen MR) is 152 cm³/mol. The lowest BCUT2D eigenvalue weighted by Crippen LogP contribution is -2.43. The monoisotopic (exact) mass is 593 g/mol. The van der Waals surface area contributed by atoms with Gasteiger partial charge in [0.15, 0.2) is 15.6 Å². The summed E-state index contributed by atoms with van der Waals surface area (Å²) in [7, 11) is -3.22. The fourth-order valence-electron chi connectivity index (χ4n) is 3.63. The Morgan fingerprint density at radius 3 is 2.39 bits per heavy atom. The van der Waals surface area contributed by atoms with Gasteiger partial charge in [-0.05, 0) is 60.7 Å². The standard InChI is InChI=1S/C27H28ClNO6S3/c1-38(34,35)21-12-9-18(10-13-21)5-4-7-20-11-14-25(37-20)27(33)29-23(15-26(31)32)24(30)17-36-16-19-6-2-3-8-22(19)28/h2-3,6,8-14,23H,4-5,7,15-17H2,1H3,(H,29,33)(H,31,32). The Hall–Kier alpha value is -2.66. The molecule has 3 rings (SSSR count). The largest absolute Gasteiger partial charge is 0.481 e. The Labute approximate surface area is 235 Å². The van der Waals surface area contributed by atoms with Crippen molar-refractivity contribution in [2.45, 2.75) is 42.4 Å². The third-order valence-corrected chi connectivity index (χ3v) is 9.30. The summed E-state index contributed by atoms with van der Waals surface area (Å²) in [5.74, 6) is -1.47. The van der Waals surface area contributed by atoms with Crippen molar-refractivity contribution in [3.05, 3.63) is 86.6 Å². The van der Waals surface area contributed by atoms with Gasteiger partial charge >= 0.3 is 5.97 Å². The van der Waals surface area contributed by atoms with Gasteiger partial charge in [-0.2, -0.15) is 0 Å². The number of amides is 1. The lowest BCUT2D eigenvalue weighted by Gasteiger charge is -2.15. The zero-order valence-electron chi connectivity index (χ0n) is 20.7. The molecular weight excluding hydrogens is 566 g/mol. The van der Waals surface area contributed by atoms with E-state index < -0.39 is 34.2 Å². The number of nitrogens with one attached hydrogen (secondary N) is 1. The molecule has 1 aromatic heterocycles. The van der Waals surface area contributed by atoms with E-state index in [9.17, 15) is 27.9 Å². The molecule has 2 N–H and O–H groups in total. The predicted octanol–water partition coefficient (Wildman–Crippen LogP) is 5.06. The second-order valence-electron chi connectivity index (χ2n) is 8.71. The maximum absolute atomic E-state index is 12.8. The molecule has 38 heavy (non-hydrogen) atoms. The second kappa shape index (κ2) is 13.9. The number of halogens is 1. The van der Waals surface area contributed by atoms with E-state index in [0.717, 1.165) is 35.3 Å². The Morgan fingerprint density at radius 2 is 1.74 bits per heavy atom. The summed E-state index contributed by atoms with van der Waals surface area (Å²) in [6.45, 7) is 0. The quantitative estimate of drug-likeness (QED) is 0.268. The van der Waals surface area contributed by atoms with Gasteiger partial charge in [-0.1, -0.05) is 41.9 Å². The van der Waals surface area contributed by atoms with E-state index in [1.165, 1.54) is 29.4 Å². The molecule has 7 nitrogen and oxygen atoms in total. The molecule has 0 aliphatic rings. The maximum Gasteiger partial charge on any atom is 0.305 e. The van der Waals surface area contributed by atoms with Crippen molar-refractivity contribution in [2.24, 2.45) is 0 Å². The van der Waals surface area contributed by atoms with Gasteiger partial charge in [0, 0.05) is 21.9 Å². The number of carboxylic acids is 1. The molecule has 1 amide bonds. The maximum atomic E-state index is 12.8. The zero-order valence-corrected chi connectivity index (χ0v) is 23.9. The SMILES string of the molecule is CS(=O)(=O)c1ccc(CCCc2ccc(C(=O)NC(CC(=O)O)C(=O)CSCc3ccccc3Cl)s2)cc1. The summed E-state index contributed by atoms with van der Waals surface area (Å²) in [6, 6.07) is 16.5. The normalized spacial score (nSPS) is 12.2. The second-order valence-corrected chi connectivity index (χ2v) is 13.3. The zero-order chi connectivity index (χ0) is 27.7. The van der Waals surface area contributed by atoms with Crippen molar-refractivity contribution in [1.82, 2.24) is 5.32 Å². The number of Topliss-reactive ketones (excluding diaryl/α,β-unsaturated/α-hetero) is 1. The Morgan fingerprint density at radius 1 is 1.03 bits per heavy atom. The molecule has 0 bridgehead atoms. The third kappa shape index (κ3) is 9.27. The number of carboxylic acid groups (broad SMARTS) is 1. The molecular formula is C27H28ClNO6S3. The summed E-state index contributed by atoms with van der Waals surface area (Å²) in [6.07, 6.45) is 2.97. The van der Waals surface area contributed by atoms with Gasteiger partial charge in [-0.3, -0.25) is 14.4 Å². The average molecular weight is 594 g/mol. The molecule has 0 aliphatic carbocycles. The molecule has 0 saturated heterocycles. The number of benzene rings is 2. The van der Waals surface area contributed by atoms with E-state index in [4.69, 9.17) is 11.6 Å². The molecule has 0 fully saturated rings. The van der Waals surface area contributed by atoms with Crippen molar-refractivity contribution in [1.29, 1.82) is 0 Å². The lowest BCUT2D eigenvalue weighted by molar-refractivity contribution is -0.139. The first-order chi connectivity index (χ1) is 18.0. The van der Waals surface area contributed by atoms with Gasteiger partial charge in [0.2, 0.25) is 0 Å². The first kappa shape index (κ1) is 29.9. The Bertz CT molecular complexity index is 1390. The molecule has 0 radical (unpaired) electrons. The topological polar surface area (TPSA) is 118 Å². The van der Waals surface area contributed by atoms with Gasteiger partial charge in [-0.25, -0.2) is 8.42 Å². The average Bonchev–Trinajstić information content (AvgIpc) is 3.33. The molecule has 0 spiro atoms. The molecule has 2 aromatic carbocycles. The number of thiophene rings is 1. The fourth-order valence-corrected chi connectivity index (χ4v) is 6.47. The van der Waals surface area contributed by atoms with Crippen LogP contribution in [-0.4, -0.2) is 49.2 Å². The number of carbonyl (C=O) groups excluding carboxylic acids is 2. The molecule has 1 heterocycles. The van der Waals surface area contributed by atoms with Crippen LogP contribution in [0.2, 0.25) is 5.02 Å². The smallest absolute Gasteiger partial charge is 0.305 e. The number of carbonyl (C=O) groups is 3. The van der Waals surface area contributed by atoms with Crippen LogP contribution < -0.4 is 5.32 Å². The van der Waals surface area contributed by atoms with Crippen molar-refractivity contribution in [2.75, 3.05) is 12.0 Å². The number of rotatable bonds is 14. The number of aliphatic carboxylic acids is 1. The minimum absolute atomic E-state index is 0.0459. The van der Waals surface area contributed by atoms with Gasteiger partial charge in [-0.15, -0.1) is 23.1 Å². The fraction of sp³-hybridized carbons (Fsp3) is 0.296. The van der Waals surface area contributed by atoms with E-state index in [2.05, 4.69) is 5.32 Å². The molecule has 0 aliphatic heterocycles. The number of sulfone groups is 1. The van der Waals surface area contributed by atoms with Gasteiger partial charge in [0.1, 0.15) is 0 Å². The third-order valence-electron chi connectivity index (χ3n) is 5.66. The van der Waals surface area contributed by atoms with E-state index in [1.54, 1.807) is 36.4 Å². The minimum atomic E-state index is -3.22. The van der Waals surface area contributed by atoms with E-state index in [1.807, 2.05) is 24.3 Å². The molecule has 1 atom stereocenters. The first-order valence-corrected chi connectivity index (χ1v) is 16.0. The van der Waals surface area contributed by atoms with Crippen molar-refractivity contribution in [3.63, 3.8) is 0 Å². The highest BCUT2D eigenvalue weighted by Gasteiger charge is 2.24. The first-order valence-electron chi connectivity index (χ1n) is 11.8. The van der Waals surface area contributed by atoms with Crippen LogP contribution in [0.5, 0.6) is 0 Å². The molecule has 3 aromatic rings. The van der Waals surface area contributed by atoms with Crippen LogP contribution >= 0.6 is 34.7 Å². The van der Waals surface area contributed by atoms with Crippen LogP contribution in [0.25, 0.3) is 0 Å². The molecule has 202 valence electrons.